The number of carbonyl (C=O) groups excluding carboxylic acids is 1. The maximum absolute atomic E-state index is 11.7. The quantitative estimate of drug-likeness (QED) is 0.882. The van der Waals surface area contributed by atoms with Crippen LogP contribution in [0.2, 0.25) is 0 Å². The van der Waals surface area contributed by atoms with Gasteiger partial charge in [-0.25, -0.2) is 4.98 Å². The molecule has 98 valence electrons. The molecule has 1 aliphatic rings. The SMILES string of the molecule is CC(O)c1cnc(N2CC(=O)Nc3ccccc32)s1. The van der Waals surface area contributed by atoms with Gasteiger partial charge in [0.15, 0.2) is 5.13 Å². The van der Waals surface area contributed by atoms with Crippen molar-refractivity contribution in [3.63, 3.8) is 0 Å². The smallest absolute Gasteiger partial charge is 0.244 e. The fraction of sp³-hybridized carbons (Fsp3) is 0.231. The molecule has 3 rings (SSSR count). The number of rotatable bonds is 2. The Balaban J connectivity index is 2.02. The lowest BCUT2D eigenvalue weighted by Gasteiger charge is -2.28. The standard InChI is InChI=1S/C13H13N3O2S/c1-8(17)11-6-14-13(19-11)16-7-12(18)15-9-4-2-3-5-10(9)16/h2-6,8,17H,7H2,1H3,(H,15,18). The van der Waals surface area contributed by atoms with E-state index < -0.39 is 6.10 Å². The molecule has 1 aromatic heterocycles. The maximum atomic E-state index is 11.7. The van der Waals surface area contributed by atoms with Crippen molar-refractivity contribution in [1.29, 1.82) is 0 Å². The van der Waals surface area contributed by atoms with Gasteiger partial charge in [-0.05, 0) is 19.1 Å². The summed E-state index contributed by atoms with van der Waals surface area (Å²) in [6.45, 7) is 1.94. The molecule has 0 saturated carbocycles. The summed E-state index contributed by atoms with van der Waals surface area (Å²) >= 11 is 1.40. The minimum atomic E-state index is -0.542. The number of thiazole rings is 1. The summed E-state index contributed by atoms with van der Waals surface area (Å²) in [4.78, 5) is 18.7. The number of nitrogens with one attached hydrogen (secondary N) is 1. The number of hydrogen-bond donors (Lipinski definition) is 2. The highest BCUT2D eigenvalue weighted by Crippen LogP contribution is 2.37. The van der Waals surface area contributed by atoms with Crippen molar-refractivity contribution in [3.8, 4) is 0 Å². The summed E-state index contributed by atoms with van der Waals surface area (Å²) < 4.78 is 0. The molecule has 0 spiro atoms. The highest BCUT2D eigenvalue weighted by molar-refractivity contribution is 7.15. The molecule has 2 N–H and O–H groups in total. The molecule has 0 radical (unpaired) electrons. The predicted molar refractivity (Wildman–Crippen MR) is 74.8 cm³/mol. The number of hydrogen-bond acceptors (Lipinski definition) is 5. The van der Waals surface area contributed by atoms with Gasteiger partial charge in [0.25, 0.3) is 0 Å². The van der Waals surface area contributed by atoms with Crippen LogP contribution in [0.15, 0.2) is 30.5 Å². The van der Waals surface area contributed by atoms with E-state index in [1.165, 1.54) is 11.3 Å². The van der Waals surface area contributed by atoms with Gasteiger partial charge < -0.3 is 15.3 Å². The number of aliphatic hydroxyl groups is 1. The van der Waals surface area contributed by atoms with Crippen LogP contribution >= 0.6 is 11.3 Å². The third-order valence-electron chi connectivity index (χ3n) is 2.92. The van der Waals surface area contributed by atoms with E-state index >= 15 is 0 Å². The molecule has 1 atom stereocenters. The van der Waals surface area contributed by atoms with E-state index in [9.17, 15) is 9.90 Å². The molecule has 1 aromatic carbocycles. The van der Waals surface area contributed by atoms with Crippen LogP contribution in [0.3, 0.4) is 0 Å². The van der Waals surface area contributed by atoms with E-state index in [4.69, 9.17) is 0 Å². The first kappa shape index (κ1) is 12.1. The Bertz CT molecular complexity index is 624. The summed E-state index contributed by atoms with van der Waals surface area (Å²) in [5.74, 6) is -0.0625. The van der Waals surface area contributed by atoms with Crippen molar-refractivity contribution in [3.05, 3.63) is 35.3 Å². The third-order valence-corrected chi connectivity index (χ3v) is 4.12. The Morgan fingerprint density at radius 3 is 3.00 bits per heavy atom. The number of carbonyl (C=O) groups is 1. The Hall–Kier alpha value is -1.92. The largest absolute Gasteiger partial charge is 0.388 e. The molecule has 2 heterocycles. The van der Waals surface area contributed by atoms with Gasteiger partial charge in [0.1, 0.15) is 6.54 Å². The zero-order valence-corrected chi connectivity index (χ0v) is 11.1. The molecular weight excluding hydrogens is 262 g/mol. The van der Waals surface area contributed by atoms with Gasteiger partial charge in [0.05, 0.1) is 22.4 Å². The molecule has 0 saturated heterocycles. The van der Waals surface area contributed by atoms with Crippen LogP contribution in [0.5, 0.6) is 0 Å². The van der Waals surface area contributed by atoms with Gasteiger partial charge in [0.2, 0.25) is 5.91 Å². The average molecular weight is 275 g/mol. The second-order valence-electron chi connectivity index (χ2n) is 4.37. The van der Waals surface area contributed by atoms with E-state index in [0.717, 1.165) is 21.4 Å². The fourth-order valence-corrected chi connectivity index (χ4v) is 2.86. The Kier molecular flexibility index (Phi) is 2.96. The second-order valence-corrected chi connectivity index (χ2v) is 5.41. The average Bonchev–Trinajstić information content (AvgIpc) is 2.87. The van der Waals surface area contributed by atoms with Crippen LogP contribution in [-0.4, -0.2) is 22.5 Å². The van der Waals surface area contributed by atoms with Gasteiger partial charge in [-0.3, -0.25) is 4.79 Å². The van der Waals surface area contributed by atoms with Crippen molar-refractivity contribution >= 4 is 33.8 Å². The van der Waals surface area contributed by atoms with E-state index in [-0.39, 0.29) is 12.5 Å². The molecule has 2 aromatic rings. The number of anilines is 3. The molecule has 5 nitrogen and oxygen atoms in total. The first-order chi connectivity index (χ1) is 9.15. The zero-order valence-electron chi connectivity index (χ0n) is 10.3. The predicted octanol–water partition coefficient (Wildman–Crippen LogP) is 2.29. The number of para-hydroxylation sites is 2. The molecule has 1 unspecified atom stereocenters. The highest BCUT2D eigenvalue weighted by atomic mass is 32.1. The first-order valence-corrected chi connectivity index (χ1v) is 6.77. The van der Waals surface area contributed by atoms with E-state index in [1.54, 1.807) is 13.1 Å². The molecule has 1 aliphatic heterocycles. The normalized spacial score (nSPS) is 15.9. The van der Waals surface area contributed by atoms with Crippen molar-refractivity contribution < 1.29 is 9.90 Å². The van der Waals surface area contributed by atoms with Crippen molar-refractivity contribution in [1.82, 2.24) is 4.98 Å². The van der Waals surface area contributed by atoms with E-state index in [1.807, 2.05) is 29.2 Å². The van der Waals surface area contributed by atoms with Crippen molar-refractivity contribution in [2.24, 2.45) is 0 Å². The van der Waals surface area contributed by atoms with Gasteiger partial charge >= 0.3 is 0 Å². The summed E-state index contributed by atoms with van der Waals surface area (Å²) in [6.07, 6.45) is 1.11. The van der Waals surface area contributed by atoms with E-state index in [0.29, 0.717) is 0 Å². The highest BCUT2D eigenvalue weighted by Gasteiger charge is 2.25. The third kappa shape index (κ3) is 2.20. The van der Waals surface area contributed by atoms with Crippen LogP contribution in [0.1, 0.15) is 17.9 Å². The number of aliphatic hydroxyl groups excluding tert-OH is 1. The van der Waals surface area contributed by atoms with Crippen molar-refractivity contribution in [2.45, 2.75) is 13.0 Å². The number of nitrogens with zero attached hydrogens (tertiary/aromatic N) is 2. The minimum absolute atomic E-state index is 0.0625. The fourth-order valence-electron chi connectivity index (χ4n) is 2.00. The summed E-state index contributed by atoms with van der Waals surface area (Å²) in [5, 5.41) is 13.1. The summed E-state index contributed by atoms with van der Waals surface area (Å²) in [6, 6.07) is 7.61. The maximum Gasteiger partial charge on any atom is 0.244 e. The lowest BCUT2D eigenvalue weighted by Crippen LogP contribution is -2.34. The van der Waals surface area contributed by atoms with Crippen LogP contribution < -0.4 is 10.2 Å². The molecule has 0 fully saturated rings. The summed E-state index contributed by atoms with van der Waals surface area (Å²) in [5.41, 5.74) is 1.71. The molecule has 0 aliphatic carbocycles. The lowest BCUT2D eigenvalue weighted by molar-refractivity contribution is -0.115. The van der Waals surface area contributed by atoms with Crippen LogP contribution in [0.4, 0.5) is 16.5 Å². The van der Waals surface area contributed by atoms with Crippen LogP contribution in [0.25, 0.3) is 0 Å². The van der Waals surface area contributed by atoms with Crippen LogP contribution in [-0.2, 0) is 4.79 Å². The van der Waals surface area contributed by atoms with Gasteiger partial charge in [-0.1, -0.05) is 23.5 Å². The zero-order chi connectivity index (χ0) is 13.4. The Morgan fingerprint density at radius 2 is 2.26 bits per heavy atom. The lowest BCUT2D eigenvalue weighted by atomic mass is 10.2. The van der Waals surface area contributed by atoms with Crippen molar-refractivity contribution in [2.75, 3.05) is 16.8 Å². The second kappa shape index (κ2) is 4.64. The summed E-state index contributed by atoms with van der Waals surface area (Å²) in [7, 11) is 0. The van der Waals surface area contributed by atoms with Gasteiger partial charge in [0, 0.05) is 6.20 Å². The minimum Gasteiger partial charge on any atom is -0.388 e. The Morgan fingerprint density at radius 1 is 1.47 bits per heavy atom. The molecular formula is C13H13N3O2S. The first-order valence-electron chi connectivity index (χ1n) is 5.95. The molecule has 6 heteroatoms. The van der Waals surface area contributed by atoms with Crippen LogP contribution in [0, 0.1) is 0 Å². The Labute approximate surface area is 114 Å². The molecule has 1 amide bonds. The molecule has 19 heavy (non-hydrogen) atoms. The van der Waals surface area contributed by atoms with Gasteiger partial charge in [-0.2, -0.15) is 0 Å². The topological polar surface area (TPSA) is 65.5 Å². The molecule has 0 bridgehead atoms. The van der Waals surface area contributed by atoms with E-state index in [2.05, 4.69) is 10.3 Å². The number of benzene rings is 1. The number of aromatic nitrogens is 1. The monoisotopic (exact) mass is 275 g/mol. The number of amides is 1. The number of fused-ring (bicyclic) bond motifs is 1. The van der Waals surface area contributed by atoms with Gasteiger partial charge in [-0.15, -0.1) is 0 Å².